The molecule has 1 aliphatic heterocycles. The molecule has 4 aromatic heterocycles. The van der Waals surface area contributed by atoms with Gasteiger partial charge in [0, 0.05) is 36.7 Å². The maximum atomic E-state index is 5.78. The molecule has 1 saturated heterocycles. The predicted octanol–water partition coefficient (Wildman–Crippen LogP) is 3.69. The quantitative estimate of drug-likeness (QED) is 0.356. The maximum absolute atomic E-state index is 5.78. The van der Waals surface area contributed by atoms with E-state index in [1.807, 2.05) is 48.1 Å². The van der Waals surface area contributed by atoms with Crippen LogP contribution in [0.2, 0.25) is 0 Å². The molecule has 0 spiro atoms. The number of nitrogens with zero attached hydrogens (tertiary/aromatic N) is 7. The molecule has 2 aromatic carbocycles. The zero-order valence-electron chi connectivity index (χ0n) is 20.8. The number of oxazole rings is 1. The number of nitrogen functional groups attached to an aromatic ring is 1. The lowest BCUT2D eigenvalue weighted by molar-refractivity contribution is 0.122. The van der Waals surface area contributed by atoms with Crippen LogP contribution in [0.3, 0.4) is 0 Å². The highest BCUT2D eigenvalue weighted by Gasteiger charge is 2.22. The number of morpholine rings is 1. The van der Waals surface area contributed by atoms with Crippen LogP contribution in [-0.4, -0.2) is 63.1 Å². The van der Waals surface area contributed by atoms with Gasteiger partial charge in [0.05, 0.1) is 30.7 Å². The minimum atomic E-state index is 0.131. The van der Waals surface area contributed by atoms with Crippen molar-refractivity contribution in [2.24, 2.45) is 0 Å². The zero-order chi connectivity index (χ0) is 25.6. The number of hydrogen-bond acceptors (Lipinski definition) is 10. The van der Waals surface area contributed by atoms with E-state index in [0.717, 1.165) is 57.7 Å². The summed E-state index contributed by atoms with van der Waals surface area (Å²) in [7, 11) is 1.84. The zero-order valence-corrected chi connectivity index (χ0v) is 20.8. The van der Waals surface area contributed by atoms with Gasteiger partial charge in [0.15, 0.2) is 11.2 Å². The smallest absolute Gasteiger partial charge is 0.292 e. The van der Waals surface area contributed by atoms with Crippen molar-refractivity contribution < 1.29 is 9.15 Å². The molecule has 3 N–H and O–H groups in total. The van der Waals surface area contributed by atoms with Gasteiger partial charge in [0.25, 0.3) is 6.01 Å². The SMILES string of the molecule is CNc1ncnc2c1c(-c1ccc3oc(N)nc3c1)nn2Cc1cc2ccccc2nc1N1CCOCC1. The lowest BCUT2D eigenvalue weighted by Crippen LogP contribution is -2.37. The number of fused-ring (bicyclic) bond motifs is 3. The summed E-state index contributed by atoms with van der Waals surface area (Å²) >= 11 is 0. The molecule has 5 heterocycles. The summed E-state index contributed by atoms with van der Waals surface area (Å²) in [6.45, 7) is 3.42. The van der Waals surface area contributed by atoms with Crippen LogP contribution in [0.5, 0.6) is 0 Å². The van der Waals surface area contributed by atoms with E-state index in [0.29, 0.717) is 36.7 Å². The van der Waals surface area contributed by atoms with Gasteiger partial charge < -0.3 is 25.1 Å². The van der Waals surface area contributed by atoms with Crippen molar-refractivity contribution in [3.63, 3.8) is 0 Å². The Kier molecular flexibility index (Phi) is 5.29. The number of para-hydroxylation sites is 1. The average Bonchev–Trinajstić information content (AvgIpc) is 3.52. The highest BCUT2D eigenvalue weighted by atomic mass is 16.5. The van der Waals surface area contributed by atoms with Gasteiger partial charge in [-0.25, -0.2) is 19.6 Å². The van der Waals surface area contributed by atoms with Crippen LogP contribution in [0.4, 0.5) is 17.7 Å². The van der Waals surface area contributed by atoms with Gasteiger partial charge in [-0.1, -0.05) is 18.2 Å². The third-order valence-electron chi connectivity index (χ3n) is 6.85. The Labute approximate surface area is 217 Å². The van der Waals surface area contributed by atoms with Crippen LogP contribution < -0.4 is 16.0 Å². The Bertz CT molecular complexity index is 1800. The first-order valence-corrected chi connectivity index (χ1v) is 12.4. The number of nitrogens with two attached hydrogens (primary N) is 1. The first-order valence-electron chi connectivity index (χ1n) is 12.4. The van der Waals surface area contributed by atoms with Crippen LogP contribution in [0.1, 0.15) is 5.56 Å². The summed E-state index contributed by atoms with van der Waals surface area (Å²) in [5.74, 6) is 1.64. The summed E-state index contributed by atoms with van der Waals surface area (Å²) in [6, 6.07) is 16.2. The number of rotatable bonds is 5. The van der Waals surface area contributed by atoms with Gasteiger partial charge in [-0.2, -0.15) is 10.1 Å². The Morgan fingerprint density at radius 2 is 1.87 bits per heavy atom. The number of ether oxygens (including phenoxy) is 1. The largest absolute Gasteiger partial charge is 0.424 e. The van der Waals surface area contributed by atoms with E-state index in [1.165, 1.54) is 0 Å². The molecule has 11 nitrogen and oxygen atoms in total. The van der Waals surface area contributed by atoms with E-state index in [4.69, 9.17) is 25.0 Å². The molecular formula is C27H25N9O2. The Morgan fingerprint density at radius 3 is 2.74 bits per heavy atom. The molecule has 1 aliphatic rings. The van der Waals surface area contributed by atoms with Crippen LogP contribution >= 0.6 is 0 Å². The highest BCUT2D eigenvalue weighted by molar-refractivity contribution is 6.00. The molecular weight excluding hydrogens is 482 g/mol. The Hall–Kier alpha value is -4.77. The van der Waals surface area contributed by atoms with Gasteiger partial charge >= 0.3 is 0 Å². The van der Waals surface area contributed by atoms with Gasteiger partial charge in [0.2, 0.25) is 0 Å². The second-order valence-electron chi connectivity index (χ2n) is 9.17. The van der Waals surface area contributed by atoms with E-state index in [1.54, 1.807) is 6.33 Å². The molecule has 0 aliphatic carbocycles. The molecule has 6 aromatic rings. The second kappa shape index (κ2) is 8.96. The highest BCUT2D eigenvalue weighted by Crippen LogP contribution is 2.34. The fourth-order valence-electron chi connectivity index (χ4n) is 5.08. The summed E-state index contributed by atoms with van der Waals surface area (Å²) in [5.41, 5.74) is 11.4. The monoisotopic (exact) mass is 507 g/mol. The van der Waals surface area contributed by atoms with Crippen molar-refractivity contribution in [3.05, 3.63) is 60.4 Å². The molecule has 7 rings (SSSR count). The molecule has 0 unspecified atom stereocenters. The lowest BCUT2D eigenvalue weighted by atomic mass is 10.1. The van der Waals surface area contributed by atoms with Crippen LogP contribution in [0, 0.1) is 0 Å². The van der Waals surface area contributed by atoms with E-state index >= 15 is 0 Å². The summed E-state index contributed by atoms with van der Waals surface area (Å²) in [6.07, 6.45) is 1.55. The van der Waals surface area contributed by atoms with Gasteiger partial charge in [-0.15, -0.1) is 0 Å². The maximum Gasteiger partial charge on any atom is 0.292 e. The fraction of sp³-hybridized carbons (Fsp3) is 0.222. The van der Waals surface area contributed by atoms with E-state index in [2.05, 4.69) is 37.3 Å². The molecule has 190 valence electrons. The molecule has 1 fully saturated rings. The lowest BCUT2D eigenvalue weighted by Gasteiger charge is -2.29. The molecule has 11 heteroatoms. The molecule has 0 atom stereocenters. The van der Waals surface area contributed by atoms with Crippen molar-refractivity contribution in [2.75, 3.05) is 49.3 Å². The minimum Gasteiger partial charge on any atom is -0.424 e. The summed E-state index contributed by atoms with van der Waals surface area (Å²) in [4.78, 5) is 20.8. The third-order valence-corrected chi connectivity index (χ3v) is 6.85. The van der Waals surface area contributed by atoms with E-state index in [9.17, 15) is 0 Å². The molecule has 38 heavy (non-hydrogen) atoms. The number of aromatic nitrogens is 6. The average molecular weight is 508 g/mol. The summed E-state index contributed by atoms with van der Waals surface area (Å²) < 4.78 is 13.0. The van der Waals surface area contributed by atoms with Crippen molar-refractivity contribution in [1.29, 1.82) is 0 Å². The predicted molar refractivity (Wildman–Crippen MR) is 146 cm³/mol. The van der Waals surface area contributed by atoms with E-state index in [-0.39, 0.29) is 6.01 Å². The number of hydrogen-bond donors (Lipinski definition) is 2. The van der Waals surface area contributed by atoms with Gasteiger partial charge in [0.1, 0.15) is 29.2 Å². The van der Waals surface area contributed by atoms with Crippen LogP contribution in [0.15, 0.2) is 59.3 Å². The fourth-order valence-corrected chi connectivity index (χ4v) is 5.08. The second-order valence-corrected chi connectivity index (χ2v) is 9.17. The molecule has 0 amide bonds. The van der Waals surface area contributed by atoms with Crippen LogP contribution in [0.25, 0.3) is 44.3 Å². The normalized spacial score (nSPS) is 14.1. The first kappa shape index (κ1) is 22.4. The van der Waals surface area contributed by atoms with Crippen molar-refractivity contribution in [2.45, 2.75) is 6.54 Å². The Morgan fingerprint density at radius 1 is 1.00 bits per heavy atom. The molecule has 0 radical (unpaired) electrons. The van der Waals surface area contributed by atoms with Crippen molar-refractivity contribution in [1.82, 2.24) is 29.7 Å². The Balaban J connectivity index is 1.40. The van der Waals surface area contributed by atoms with Crippen molar-refractivity contribution in [3.8, 4) is 11.3 Å². The van der Waals surface area contributed by atoms with Gasteiger partial charge in [-0.3, -0.25) is 0 Å². The topological polar surface area (TPSA) is 133 Å². The first-order chi connectivity index (χ1) is 18.7. The molecule has 0 saturated carbocycles. The van der Waals surface area contributed by atoms with Crippen molar-refractivity contribution >= 4 is 50.7 Å². The standard InChI is InChI=1S/C27H25N9O2/c1-29-24-22-23(17-6-7-21-20(13-17)33-27(28)38-21)34-36(26(22)31-15-30-24)14-18-12-16-4-2-3-5-19(16)32-25(18)35-8-10-37-11-9-35/h2-7,12-13,15H,8-11,14H2,1H3,(H2,28,33)(H,29,30,31). The number of nitrogens with one attached hydrogen (secondary N) is 1. The van der Waals surface area contributed by atoms with Crippen LogP contribution in [-0.2, 0) is 11.3 Å². The number of pyridine rings is 1. The number of anilines is 3. The molecule has 0 bridgehead atoms. The number of benzene rings is 2. The van der Waals surface area contributed by atoms with E-state index < -0.39 is 0 Å². The summed E-state index contributed by atoms with van der Waals surface area (Å²) in [5, 5.41) is 10.2. The minimum absolute atomic E-state index is 0.131. The third kappa shape index (κ3) is 3.75. The van der Waals surface area contributed by atoms with Gasteiger partial charge in [-0.05, 0) is 30.3 Å².